The van der Waals surface area contributed by atoms with Gasteiger partial charge in [0.05, 0.1) is 12.3 Å². The predicted molar refractivity (Wildman–Crippen MR) is 110 cm³/mol. The summed E-state index contributed by atoms with van der Waals surface area (Å²) in [5.74, 6) is -0.185. The first-order chi connectivity index (χ1) is 13.2. The number of nitrogens with zero attached hydrogens (tertiary/aromatic N) is 2. The Morgan fingerprint density at radius 2 is 1.75 bits per heavy atom. The minimum Gasteiger partial charge on any atom is -0.444 e. The molecule has 1 aliphatic rings. The molecule has 1 saturated heterocycles. The van der Waals surface area contributed by atoms with E-state index in [1.54, 1.807) is 45.0 Å². The number of carbonyl (C=O) groups excluding carboxylic acids is 2. The zero-order valence-electron chi connectivity index (χ0n) is 17.4. The van der Waals surface area contributed by atoms with Crippen LogP contribution >= 0.6 is 0 Å². The van der Waals surface area contributed by atoms with Crippen LogP contribution in [-0.4, -0.2) is 78.3 Å². The topological polar surface area (TPSA) is 82.1 Å². The predicted octanol–water partition coefficient (Wildman–Crippen LogP) is 2.46. The number of aliphatic hydroxyl groups is 1. The molecule has 156 valence electrons. The van der Waals surface area contributed by atoms with Crippen LogP contribution in [0, 0.1) is 5.92 Å². The largest absolute Gasteiger partial charge is 0.444 e. The molecule has 0 aromatic heterocycles. The molecule has 0 spiro atoms. The molecule has 1 aliphatic heterocycles. The molecule has 1 heterocycles. The summed E-state index contributed by atoms with van der Waals surface area (Å²) in [5, 5.41) is 11.7. The van der Waals surface area contributed by atoms with Crippen molar-refractivity contribution in [3.05, 3.63) is 29.8 Å². The van der Waals surface area contributed by atoms with E-state index in [4.69, 9.17) is 9.84 Å². The standard InChI is InChI=1S/C21H33N3O4/c1-16(15-24-11-9-23(10-12-24)13-14-25)19(26)17-7-5-6-8-18(17)22-20(27)28-21(2,3)4/h5-8,16,25H,9-15H2,1-4H3,(H,22,27)/t16-/m0/s1. The molecule has 2 N–H and O–H groups in total. The summed E-state index contributed by atoms with van der Waals surface area (Å²) in [6, 6.07) is 7.05. The molecule has 1 amide bonds. The van der Waals surface area contributed by atoms with Gasteiger partial charge in [-0.2, -0.15) is 0 Å². The Balaban J connectivity index is 1.97. The van der Waals surface area contributed by atoms with Crippen molar-refractivity contribution in [3.8, 4) is 0 Å². The first-order valence-corrected chi connectivity index (χ1v) is 9.88. The van der Waals surface area contributed by atoms with Crippen LogP contribution in [-0.2, 0) is 4.74 Å². The van der Waals surface area contributed by atoms with Gasteiger partial charge in [-0.3, -0.25) is 15.0 Å². The maximum Gasteiger partial charge on any atom is 0.412 e. The number of hydrogen-bond donors (Lipinski definition) is 2. The third kappa shape index (κ3) is 6.89. The van der Waals surface area contributed by atoms with E-state index in [0.29, 0.717) is 24.3 Å². The van der Waals surface area contributed by atoms with Crippen molar-refractivity contribution < 1.29 is 19.4 Å². The Hall–Kier alpha value is -1.96. The number of nitrogens with one attached hydrogen (secondary N) is 1. The zero-order valence-corrected chi connectivity index (χ0v) is 17.4. The van der Waals surface area contributed by atoms with Gasteiger partial charge in [-0.15, -0.1) is 0 Å². The fraction of sp³-hybridized carbons (Fsp3) is 0.619. The number of ketones is 1. The highest BCUT2D eigenvalue weighted by atomic mass is 16.6. The zero-order chi connectivity index (χ0) is 20.7. The summed E-state index contributed by atoms with van der Waals surface area (Å²) in [6.07, 6.45) is -0.569. The van der Waals surface area contributed by atoms with E-state index in [-0.39, 0.29) is 18.3 Å². The lowest BCUT2D eigenvalue weighted by Gasteiger charge is -2.35. The maximum absolute atomic E-state index is 13.0. The van der Waals surface area contributed by atoms with Crippen LogP contribution in [0.3, 0.4) is 0 Å². The lowest BCUT2D eigenvalue weighted by molar-refractivity contribution is 0.0636. The molecule has 0 saturated carbocycles. The molecule has 1 aromatic rings. The number of para-hydroxylation sites is 1. The van der Waals surface area contributed by atoms with E-state index < -0.39 is 11.7 Å². The van der Waals surface area contributed by atoms with Gasteiger partial charge in [0.2, 0.25) is 0 Å². The van der Waals surface area contributed by atoms with E-state index in [0.717, 1.165) is 26.2 Å². The number of β-amino-alcohol motifs (C(OH)–C–C–N with tert-alkyl or cyclic N) is 1. The second kappa shape index (κ2) is 10.0. The van der Waals surface area contributed by atoms with E-state index in [2.05, 4.69) is 15.1 Å². The highest BCUT2D eigenvalue weighted by Crippen LogP contribution is 2.21. The number of hydrogen-bond acceptors (Lipinski definition) is 6. The molecule has 0 unspecified atom stereocenters. The van der Waals surface area contributed by atoms with Crippen molar-refractivity contribution in [2.75, 3.05) is 51.2 Å². The molecular weight excluding hydrogens is 358 g/mol. The lowest BCUT2D eigenvalue weighted by Crippen LogP contribution is -2.48. The SMILES string of the molecule is C[C@@H](CN1CCN(CCO)CC1)C(=O)c1ccccc1NC(=O)OC(C)(C)C. The number of anilines is 1. The smallest absolute Gasteiger partial charge is 0.412 e. The average Bonchev–Trinajstić information content (AvgIpc) is 2.62. The van der Waals surface area contributed by atoms with Gasteiger partial charge in [-0.05, 0) is 32.9 Å². The van der Waals surface area contributed by atoms with Crippen LogP contribution in [0.15, 0.2) is 24.3 Å². The summed E-state index contributed by atoms with van der Waals surface area (Å²) in [6.45, 7) is 12.4. The van der Waals surface area contributed by atoms with Crippen LogP contribution in [0.4, 0.5) is 10.5 Å². The molecule has 1 aromatic carbocycles. The van der Waals surface area contributed by atoms with Crippen molar-refractivity contribution in [1.29, 1.82) is 0 Å². The van der Waals surface area contributed by atoms with Gasteiger partial charge >= 0.3 is 6.09 Å². The maximum atomic E-state index is 13.0. The number of benzene rings is 1. The normalized spacial score (nSPS) is 17.2. The second-order valence-electron chi connectivity index (χ2n) is 8.30. The fourth-order valence-electron chi connectivity index (χ4n) is 3.29. The first kappa shape index (κ1) is 22.3. The Kier molecular flexibility index (Phi) is 7.98. The number of carbonyl (C=O) groups is 2. The monoisotopic (exact) mass is 391 g/mol. The fourth-order valence-corrected chi connectivity index (χ4v) is 3.29. The molecule has 7 heteroatoms. The van der Waals surface area contributed by atoms with Gasteiger partial charge < -0.3 is 14.7 Å². The van der Waals surface area contributed by atoms with Crippen molar-refractivity contribution in [2.45, 2.75) is 33.3 Å². The van der Waals surface area contributed by atoms with Crippen LogP contribution in [0.5, 0.6) is 0 Å². The van der Waals surface area contributed by atoms with Crippen molar-refractivity contribution in [3.63, 3.8) is 0 Å². The molecular formula is C21H33N3O4. The Bertz CT molecular complexity index is 664. The van der Waals surface area contributed by atoms with Crippen LogP contribution in [0.1, 0.15) is 38.1 Å². The second-order valence-corrected chi connectivity index (χ2v) is 8.30. The van der Waals surface area contributed by atoms with E-state index >= 15 is 0 Å². The van der Waals surface area contributed by atoms with E-state index in [1.165, 1.54) is 0 Å². The first-order valence-electron chi connectivity index (χ1n) is 9.88. The third-order valence-corrected chi connectivity index (χ3v) is 4.69. The Morgan fingerprint density at radius 3 is 2.36 bits per heavy atom. The number of ether oxygens (including phenoxy) is 1. The molecule has 2 rings (SSSR count). The highest BCUT2D eigenvalue weighted by molar-refractivity contribution is 6.05. The molecule has 28 heavy (non-hydrogen) atoms. The number of piperazine rings is 1. The van der Waals surface area contributed by atoms with Crippen molar-refractivity contribution in [2.24, 2.45) is 5.92 Å². The van der Waals surface area contributed by atoms with Gasteiger partial charge in [0, 0.05) is 50.7 Å². The quantitative estimate of drug-likeness (QED) is 0.695. The van der Waals surface area contributed by atoms with Gasteiger partial charge in [-0.25, -0.2) is 4.79 Å². The molecule has 0 bridgehead atoms. The van der Waals surface area contributed by atoms with E-state index in [1.807, 2.05) is 6.92 Å². The summed E-state index contributed by atoms with van der Waals surface area (Å²) >= 11 is 0. The van der Waals surface area contributed by atoms with Gasteiger partial charge in [0.25, 0.3) is 0 Å². The van der Waals surface area contributed by atoms with E-state index in [9.17, 15) is 9.59 Å². The lowest BCUT2D eigenvalue weighted by atomic mass is 9.97. The number of rotatable bonds is 7. The van der Waals surface area contributed by atoms with Crippen molar-refractivity contribution >= 4 is 17.6 Å². The molecule has 0 radical (unpaired) electrons. The number of aliphatic hydroxyl groups excluding tert-OH is 1. The highest BCUT2D eigenvalue weighted by Gasteiger charge is 2.24. The van der Waals surface area contributed by atoms with Crippen LogP contribution in [0.25, 0.3) is 0 Å². The Morgan fingerprint density at radius 1 is 1.14 bits per heavy atom. The van der Waals surface area contributed by atoms with Crippen molar-refractivity contribution in [1.82, 2.24) is 9.80 Å². The van der Waals surface area contributed by atoms with Gasteiger partial charge in [0.1, 0.15) is 5.60 Å². The Labute approximate surface area is 167 Å². The number of Topliss-reactive ketones (excluding diaryl/α,β-unsaturated/α-hetero) is 1. The minimum absolute atomic E-state index is 0.00412. The average molecular weight is 392 g/mol. The molecule has 7 nitrogen and oxygen atoms in total. The molecule has 1 fully saturated rings. The third-order valence-electron chi connectivity index (χ3n) is 4.69. The number of amides is 1. The summed E-state index contributed by atoms with van der Waals surface area (Å²) in [7, 11) is 0. The van der Waals surface area contributed by atoms with Gasteiger partial charge in [-0.1, -0.05) is 19.1 Å². The van der Waals surface area contributed by atoms with Crippen LogP contribution < -0.4 is 5.32 Å². The van der Waals surface area contributed by atoms with Crippen LogP contribution in [0.2, 0.25) is 0 Å². The summed E-state index contributed by atoms with van der Waals surface area (Å²) in [4.78, 5) is 29.6. The molecule has 1 atom stereocenters. The van der Waals surface area contributed by atoms with Gasteiger partial charge in [0.15, 0.2) is 5.78 Å². The summed E-state index contributed by atoms with van der Waals surface area (Å²) < 4.78 is 5.30. The summed E-state index contributed by atoms with van der Waals surface area (Å²) in [5.41, 5.74) is 0.371. The molecule has 0 aliphatic carbocycles. The minimum atomic E-state index is -0.603.